The van der Waals surface area contributed by atoms with Gasteiger partial charge in [0.1, 0.15) is 0 Å². The van der Waals surface area contributed by atoms with Crippen LogP contribution in [0.25, 0.3) is 0 Å². The van der Waals surface area contributed by atoms with Crippen molar-refractivity contribution in [2.75, 3.05) is 5.32 Å². The van der Waals surface area contributed by atoms with Crippen molar-refractivity contribution in [2.24, 2.45) is 0 Å². The van der Waals surface area contributed by atoms with Crippen molar-refractivity contribution in [2.45, 2.75) is 20.3 Å². The normalized spacial score (nSPS) is 10.4. The van der Waals surface area contributed by atoms with Crippen LogP contribution in [0.4, 0.5) is 5.69 Å². The molecular formula is C22H21NO. The molecule has 0 aliphatic carbocycles. The van der Waals surface area contributed by atoms with E-state index in [1.165, 1.54) is 5.56 Å². The fourth-order valence-corrected chi connectivity index (χ4v) is 2.77. The van der Waals surface area contributed by atoms with E-state index in [9.17, 15) is 4.79 Å². The predicted octanol–water partition coefficient (Wildman–Crippen LogP) is 5.15. The Bertz CT molecular complexity index is 853. The lowest BCUT2D eigenvalue weighted by Crippen LogP contribution is -2.15. The zero-order valence-electron chi connectivity index (χ0n) is 14.0. The maximum absolute atomic E-state index is 12.8. The standard InChI is InChI=1S/C22H21NO/c1-16-12-13-17(2)21(14-16)23-22(24)20-11-7-6-10-19(20)15-18-8-4-3-5-9-18/h3-14H,15H2,1-2H3,(H,23,24). The number of nitrogens with one attached hydrogen (secondary N) is 1. The minimum atomic E-state index is -0.0600. The molecule has 1 N–H and O–H groups in total. The van der Waals surface area contributed by atoms with Crippen molar-refractivity contribution >= 4 is 11.6 Å². The van der Waals surface area contributed by atoms with Crippen molar-refractivity contribution in [3.8, 4) is 0 Å². The molecule has 3 rings (SSSR count). The van der Waals surface area contributed by atoms with Crippen LogP contribution in [0.3, 0.4) is 0 Å². The van der Waals surface area contributed by atoms with Gasteiger partial charge in [-0.15, -0.1) is 0 Å². The lowest BCUT2D eigenvalue weighted by molar-refractivity contribution is 0.102. The van der Waals surface area contributed by atoms with Crippen LogP contribution in [0.15, 0.2) is 72.8 Å². The highest BCUT2D eigenvalue weighted by Gasteiger charge is 2.12. The van der Waals surface area contributed by atoms with Gasteiger partial charge in [0.2, 0.25) is 0 Å². The van der Waals surface area contributed by atoms with Crippen LogP contribution in [0.2, 0.25) is 0 Å². The minimum Gasteiger partial charge on any atom is -0.322 e. The molecule has 0 radical (unpaired) electrons. The highest BCUT2D eigenvalue weighted by molar-refractivity contribution is 6.05. The Morgan fingerprint density at radius 2 is 1.58 bits per heavy atom. The number of anilines is 1. The minimum absolute atomic E-state index is 0.0600. The van der Waals surface area contributed by atoms with Crippen LogP contribution >= 0.6 is 0 Å². The maximum atomic E-state index is 12.8. The third-order valence-electron chi connectivity index (χ3n) is 4.14. The monoisotopic (exact) mass is 315 g/mol. The summed E-state index contributed by atoms with van der Waals surface area (Å²) in [5.74, 6) is -0.0600. The second-order valence-electron chi connectivity index (χ2n) is 6.09. The largest absolute Gasteiger partial charge is 0.322 e. The average Bonchev–Trinajstić information content (AvgIpc) is 2.59. The van der Waals surface area contributed by atoms with Gasteiger partial charge in [-0.25, -0.2) is 0 Å². The molecule has 24 heavy (non-hydrogen) atoms. The molecule has 0 atom stereocenters. The second-order valence-corrected chi connectivity index (χ2v) is 6.09. The SMILES string of the molecule is Cc1ccc(C)c(NC(=O)c2ccccc2Cc2ccccc2)c1. The van der Waals surface area contributed by atoms with Crippen molar-refractivity contribution in [3.63, 3.8) is 0 Å². The van der Waals surface area contributed by atoms with Gasteiger partial charge in [0.05, 0.1) is 0 Å². The summed E-state index contributed by atoms with van der Waals surface area (Å²) in [7, 11) is 0. The van der Waals surface area contributed by atoms with Crippen molar-refractivity contribution < 1.29 is 4.79 Å². The van der Waals surface area contributed by atoms with E-state index in [1.807, 2.05) is 74.5 Å². The number of hydrogen-bond acceptors (Lipinski definition) is 1. The Balaban J connectivity index is 1.86. The van der Waals surface area contributed by atoms with Crippen LogP contribution in [-0.4, -0.2) is 5.91 Å². The molecule has 3 aromatic carbocycles. The highest BCUT2D eigenvalue weighted by atomic mass is 16.1. The molecule has 0 fully saturated rings. The van der Waals surface area contributed by atoms with E-state index in [2.05, 4.69) is 17.4 Å². The van der Waals surface area contributed by atoms with E-state index in [-0.39, 0.29) is 5.91 Å². The molecule has 2 nitrogen and oxygen atoms in total. The molecule has 0 unspecified atom stereocenters. The summed E-state index contributed by atoms with van der Waals surface area (Å²) in [4.78, 5) is 12.8. The maximum Gasteiger partial charge on any atom is 0.255 e. The quantitative estimate of drug-likeness (QED) is 0.709. The summed E-state index contributed by atoms with van der Waals surface area (Å²) in [5, 5.41) is 3.05. The molecule has 0 aliphatic rings. The van der Waals surface area contributed by atoms with E-state index in [1.54, 1.807) is 0 Å². The second kappa shape index (κ2) is 7.14. The molecular weight excluding hydrogens is 294 g/mol. The first-order chi connectivity index (χ1) is 11.6. The summed E-state index contributed by atoms with van der Waals surface area (Å²) in [5.41, 5.74) is 6.02. The highest BCUT2D eigenvalue weighted by Crippen LogP contribution is 2.20. The fraction of sp³-hybridized carbons (Fsp3) is 0.136. The summed E-state index contributed by atoms with van der Waals surface area (Å²) < 4.78 is 0. The topological polar surface area (TPSA) is 29.1 Å². The fourth-order valence-electron chi connectivity index (χ4n) is 2.77. The van der Waals surface area contributed by atoms with E-state index in [0.717, 1.165) is 34.4 Å². The number of carbonyl (C=O) groups is 1. The lowest BCUT2D eigenvalue weighted by Gasteiger charge is -2.12. The number of hydrogen-bond donors (Lipinski definition) is 1. The van der Waals surface area contributed by atoms with Gasteiger partial charge >= 0.3 is 0 Å². The van der Waals surface area contributed by atoms with Gasteiger partial charge in [-0.3, -0.25) is 4.79 Å². The van der Waals surface area contributed by atoms with Gasteiger partial charge in [-0.05, 0) is 54.7 Å². The molecule has 0 aromatic heterocycles. The molecule has 0 spiro atoms. The van der Waals surface area contributed by atoms with E-state index >= 15 is 0 Å². The molecule has 0 aliphatic heterocycles. The van der Waals surface area contributed by atoms with Gasteiger partial charge in [-0.1, -0.05) is 60.7 Å². The van der Waals surface area contributed by atoms with Crippen LogP contribution in [0.5, 0.6) is 0 Å². The Labute approximate surface area is 143 Å². The number of benzene rings is 3. The first kappa shape index (κ1) is 16.0. The van der Waals surface area contributed by atoms with E-state index in [0.29, 0.717) is 0 Å². The van der Waals surface area contributed by atoms with Gasteiger partial charge in [0.15, 0.2) is 0 Å². The molecule has 1 amide bonds. The molecule has 120 valence electrons. The van der Waals surface area contributed by atoms with Crippen molar-refractivity contribution in [1.82, 2.24) is 0 Å². The van der Waals surface area contributed by atoms with E-state index < -0.39 is 0 Å². The Hall–Kier alpha value is -2.87. The molecule has 0 heterocycles. The molecule has 0 bridgehead atoms. The zero-order valence-corrected chi connectivity index (χ0v) is 14.0. The lowest BCUT2D eigenvalue weighted by atomic mass is 9.99. The number of rotatable bonds is 4. The smallest absolute Gasteiger partial charge is 0.255 e. The molecule has 2 heteroatoms. The average molecular weight is 315 g/mol. The van der Waals surface area contributed by atoms with Gasteiger partial charge < -0.3 is 5.32 Å². The predicted molar refractivity (Wildman–Crippen MR) is 99.6 cm³/mol. The molecule has 0 saturated heterocycles. The summed E-state index contributed by atoms with van der Waals surface area (Å²) in [6.07, 6.45) is 0.747. The zero-order chi connectivity index (χ0) is 16.9. The third kappa shape index (κ3) is 3.72. The van der Waals surface area contributed by atoms with Crippen molar-refractivity contribution in [3.05, 3.63) is 101 Å². The number of carbonyl (C=O) groups excluding carboxylic acids is 1. The van der Waals surface area contributed by atoms with E-state index in [4.69, 9.17) is 0 Å². The Kier molecular flexibility index (Phi) is 4.76. The van der Waals surface area contributed by atoms with Gasteiger partial charge in [0, 0.05) is 11.3 Å². The van der Waals surface area contributed by atoms with Crippen LogP contribution in [0.1, 0.15) is 32.6 Å². The van der Waals surface area contributed by atoms with Gasteiger partial charge in [-0.2, -0.15) is 0 Å². The number of aryl methyl sites for hydroxylation is 2. The van der Waals surface area contributed by atoms with Crippen LogP contribution < -0.4 is 5.32 Å². The summed E-state index contributed by atoms with van der Waals surface area (Å²) in [6.45, 7) is 4.03. The Morgan fingerprint density at radius 3 is 2.38 bits per heavy atom. The van der Waals surface area contributed by atoms with Crippen LogP contribution in [-0.2, 0) is 6.42 Å². The molecule has 0 saturated carbocycles. The number of amides is 1. The van der Waals surface area contributed by atoms with Crippen molar-refractivity contribution in [1.29, 1.82) is 0 Å². The Morgan fingerprint density at radius 1 is 0.875 bits per heavy atom. The molecule has 3 aromatic rings. The summed E-state index contributed by atoms with van der Waals surface area (Å²) >= 11 is 0. The van der Waals surface area contributed by atoms with Crippen LogP contribution in [0, 0.1) is 13.8 Å². The van der Waals surface area contributed by atoms with Gasteiger partial charge in [0.25, 0.3) is 5.91 Å². The first-order valence-corrected chi connectivity index (χ1v) is 8.14. The summed E-state index contributed by atoms with van der Waals surface area (Å²) in [6, 6.07) is 24.1. The first-order valence-electron chi connectivity index (χ1n) is 8.14. The third-order valence-corrected chi connectivity index (χ3v) is 4.14.